The molecule has 6 nitrogen and oxygen atoms in total. The largest absolute Gasteiger partial charge is 0.491 e. The number of methoxy groups -OCH3 is 1. The van der Waals surface area contributed by atoms with Gasteiger partial charge in [-0.1, -0.05) is 10.4 Å². The third-order valence-electron chi connectivity index (χ3n) is 3.57. The smallest absolute Gasteiger partial charge is 0.191 e. The molecule has 0 amide bonds. The molecule has 3 aromatic rings. The van der Waals surface area contributed by atoms with Crippen molar-refractivity contribution >= 4 is 0 Å². The standard InChI is InChI=1S/C15H14F2N4O2/c1-8-11(9(2)23-19-8)6-21-7-13(18-20-21)10-4-5-12(16)15(22-3)14(10)17/h4-5,7H,6H2,1-3H3. The van der Waals surface area contributed by atoms with Gasteiger partial charge in [-0.3, -0.25) is 0 Å². The van der Waals surface area contributed by atoms with E-state index in [1.54, 1.807) is 13.1 Å². The molecular weight excluding hydrogens is 306 g/mol. The Labute approximate surface area is 130 Å². The summed E-state index contributed by atoms with van der Waals surface area (Å²) in [6, 6.07) is 2.43. The summed E-state index contributed by atoms with van der Waals surface area (Å²) in [6.07, 6.45) is 1.57. The Morgan fingerprint density at radius 1 is 1.26 bits per heavy atom. The first kappa shape index (κ1) is 15.1. The number of ether oxygens (including phenoxy) is 1. The lowest BCUT2D eigenvalue weighted by atomic mass is 10.1. The molecule has 0 unspecified atom stereocenters. The van der Waals surface area contributed by atoms with Gasteiger partial charge in [0, 0.05) is 11.1 Å². The monoisotopic (exact) mass is 320 g/mol. The van der Waals surface area contributed by atoms with Crippen LogP contribution >= 0.6 is 0 Å². The SMILES string of the molecule is COc1c(F)ccc(-c2cn(Cc3c(C)noc3C)nn2)c1F. The summed E-state index contributed by atoms with van der Waals surface area (Å²) in [5.74, 6) is -1.33. The van der Waals surface area contributed by atoms with Gasteiger partial charge in [0.1, 0.15) is 11.5 Å². The van der Waals surface area contributed by atoms with Crippen LogP contribution in [0.4, 0.5) is 8.78 Å². The Balaban J connectivity index is 1.94. The van der Waals surface area contributed by atoms with Crippen molar-refractivity contribution in [3.05, 3.63) is 47.0 Å². The van der Waals surface area contributed by atoms with Crippen LogP contribution in [0.5, 0.6) is 5.75 Å². The molecule has 8 heteroatoms. The van der Waals surface area contributed by atoms with E-state index in [0.29, 0.717) is 12.3 Å². The van der Waals surface area contributed by atoms with Gasteiger partial charge in [-0.15, -0.1) is 5.10 Å². The average molecular weight is 320 g/mol. The Hall–Kier alpha value is -2.77. The summed E-state index contributed by atoms with van der Waals surface area (Å²) in [4.78, 5) is 0. The Kier molecular flexibility index (Phi) is 3.81. The first-order valence-corrected chi connectivity index (χ1v) is 6.85. The summed E-state index contributed by atoms with van der Waals surface area (Å²) in [5.41, 5.74) is 2.05. The highest BCUT2D eigenvalue weighted by molar-refractivity contribution is 5.61. The topological polar surface area (TPSA) is 66.0 Å². The van der Waals surface area contributed by atoms with Crippen molar-refractivity contribution in [1.29, 1.82) is 0 Å². The van der Waals surface area contributed by atoms with Crippen LogP contribution < -0.4 is 4.74 Å². The van der Waals surface area contributed by atoms with Crippen LogP contribution in [0.2, 0.25) is 0 Å². The predicted octanol–water partition coefficient (Wildman–Crippen LogP) is 2.89. The lowest BCUT2D eigenvalue weighted by Gasteiger charge is -2.06. The minimum Gasteiger partial charge on any atom is -0.491 e. The van der Waals surface area contributed by atoms with E-state index >= 15 is 0 Å². The van der Waals surface area contributed by atoms with Gasteiger partial charge in [-0.2, -0.15) is 0 Å². The molecule has 2 heterocycles. The first-order valence-electron chi connectivity index (χ1n) is 6.85. The number of hydrogen-bond acceptors (Lipinski definition) is 5. The van der Waals surface area contributed by atoms with Crippen molar-refractivity contribution in [2.24, 2.45) is 0 Å². The van der Waals surface area contributed by atoms with E-state index in [0.717, 1.165) is 17.3 Å². The normalized spacial score (nSPS) is 11.0. The van der Waals surface area contributed by atoms with E-state index in [2.05, 4.69) is 15.5 Å². The van der Waals surface area contributed by atoms with Crippen molar-refractivity contribution in [3.63, 3.8) is 0 Å². The Morgan fingerprint density at radius 2 is 2.04 bits per heavy atom. The molecule has 0 bridgehead atoms. The fourth-order valence-corrected chi connectivity index (χ4v) is 2.31. The first-order chi connectivity index (χ1) is 11.0. The molecular formula is C15H14F2N4O2. The molecule has 1 aromatic carbocycles. The van der Waals surface area contributed by atoms with E-state index in [1.807, 2.05) is 6.92 Å². The van der Waals surface area contributed by atoms with Crippen LogP contribution in [-0.4, -0.2) is 27.3 Å². The highest BCUT2D eigenvalue weighted by Crippen LogP contribution is 2.30. The van der Waals surface area contributed by atoms with Crippen molar-refractivity contribution in [3.8, 4) is 17.0 Å². The second-order valence-electron chi connectivity index (χ2n) is 5.05. The molecule has 0 fully saturated rings. The number of benzene rings is 1. The molecule has 0 aliphatic rings. The zero-order chi connectivity index (χ0) is 16.6. The molecule has 0 aliphatic carbocycles. The van der Waals surface area contributed by atoms with Crippen molar-refractivity contribution in [2.75, 3.05) is 7.11 Å². The number of halogens is 2. The summed E-state index contributed by atoms with van der Waals surface area (Å²) in [6.45, 7) is 4.03. The number of rotatable bonds is 4. The van der Waals surface area contributed by atoms with Crippen LogP contribution in [0.25, 0.3) is 11.3 Å². The van der Waals surface area contributed by atoms with Gasteiger partial charge in [0.2, 0.25) is 0 Å². The predicted molar refractivity (Wildman–Crippen MR) is 77.0 cm³/mol. The zero-order valence-corrected chi connectivity index (χ0v) is 12.8. The van der Waals surface area contributed by atoms with Gasteiger partial charge in [0.25, 0.3) is 0 Å². The minimum atomic E-state index is -0.808. The molecule has 2 aromatic heterocycles. The molecule has 0 spiro atoms. The van der Waals surface area contributed by atoms with Gasteiger partial charge in [-0.05, 0) is 26.0 Å². The van der Waals surface area contributed by atoms with Crippen molar-refractivity contribution in [2.45, 2.75) is 20.4 Å². The molecule has 0 radical (unpaired) electrons. The molecule has 120 valence electrons. The van der Waals surface area contributed by atoms with E-state index < -0.39 is 17.4 Å². The van der Waals surface area contributed by atoms with E-state index in [9.17, 15) is 8.78 Å². The number of aromatic nitrogens is 4. The average Bonchev–Trinajstić information content (AvgIpc) is 3.10. The molecule has 23 heavy (non-hydrogen) atoms. The maximum Gasteiger partial charge on any atom is 0.191 e. The van der Waals surface area contributed by atoms with Crippen LogP contribution in [-0.2, 0) is 6.54 Å². The summed E-state index contributed by atoms with van der Waals surface area (Å²) >= 11 is 0. The van der Waals surface area contributed by atoms with Gasteiger partial charge >= 0.3 is 0 Å². The van der Waals surface area contributed by atoms with Gasteiger partial charge in [0.05, 0.1) is 25.5 Å². The Morgan fingerprint density at radius 3 is 2.70 bits per heavy atom. The summed E-state index contributed by atoms with van der Waals surface area (Å²) in [7, 11) is 1.21. The van der Waals surface area contributed by atoms with Gasteiger partial charge in [0.15, 0.2) is 17.4 Å². The Bertz CT molecular complexity index is 838. The molecule has 0 aliphatic heterocycles. The summed E-state index contributed by atoms with van der Waals surface area (Å²) in [5, 5.41) is 11.8. The van der Waals surface area contributed by atoms with Crippen LogP contribution in [0.15, 0.2) is 22.9 Å². The number of hydrogen-bond donors (Lipinski definition) is 0. The lowest BCUT2D eigenvalue weighted by Crippen LogP contribution is -2.02. The van der Waals surface area contributed by atoms with Gasteiger partial charge in [-0.25, -0.2) is 13.5 Å². The highest BCUT2D eigenvalue weighted by atomic mass is 19.1. The molecule has 0 N–H and O–H groups in total. The maximum absolute atomic E-state index is 14.3. The third-order valence-corrected chi connectivity index (χ3v) is 3.57. The lowest BCUT2D eigenvalue weighted by molar-refractivity contribution is 0.360. The van der Waals surface area contributed by atoms with Gasteiger partial charge < -0.3 is 9.26 Å². The highest BCUT2D eigenvalue weighted by Gasteiger charge is 2.18. The van der Waals surface area contributed by atoms with E-state index in [1.165, 1.54) is 17.9 Å². The minimum absolute atomic E-state index is 0.119. The second kappa shape index (κ2) is 5.79. The maximum atomic E-state index is 14.3. The van der Waals surface area contributed by atoms with Crippen LogP contribution in [0.1, 0.15) is 17.0 Å². The van der Waals surface area contributed by atoms with Crippen molar-refractivity contribution in [1.82, 2.24) is 20.2 Å². The van der Waals surface area contributed by atoms with Crippen LogP contribution in [0.3, 0.4) is 0 Å². The quantitative estimate of drug-likeness (QED) is 0.739. The second-order valence-corrected chi connectivity index (χ2v) is 5.05. The summed E-state index contributed by atoms with van der Waals surface area (Å²) < 4.78 is 39.1. The number of nitrogens with zero attached hydrogens (tertiary/aromatic N) is 4. The zero-order valence-electron chi connectivity index (χ0n) is 12.8. The number of aryl methyl sites for hydroxylation is 2. The fraction of sp³-hybridized carbons (Fsp3) is 0.267. The van der Waals surface area contributed by atoms with E-state index in [4.69, 9.17) is 9.26 Å². The van der Waals surface area contributed by atoms with E-state index in [-0.39, 0.29) is 11.3 Å². The molecule has 0 saturated heterocycles. The molecule has 0 saturated carbocycles. The third kappa shape index (κ3) is 2.67. The van der Waals surface area contributed by atoms with Crippen molar-refractivity contribution < 1.29 is 18.0 Å². The van der Waals surface area contributed by atoms with Crippen LogP contribution in [0, 0.1) is 25.5 Å². The fourth-order valence-electron chi connectivity index (χ4n) is 2.31. The molecule has 0 atom stereocenters. The molecule has 3 rings (SSSR count).